The van der Waals surface area contributed by atoms with E-state index in [0.29, 0.717) is 6.54 Å². The van der Waals surface area contributed by atoms with Gasteiger partial charge in [-0.1, -0.05) is 6.92 Å². The Balaban J connectivity index is 2.49. The molecule has 0 aromatic carbocycles. The molecule has 1 saturated heterocycles. The molecule has 1 aliphatic heterocycles. The Morgan fingerprint density at radius 2 is 2.05 bits per heavy atom. The van der Waals surface area contributed by atoms with Crippen LogP contribution in [0, 0.1) is 0 Å². The van der Waals surface area contributed by atoms with Crippen molar-refractivity contribution < 1.29 is 14.3 Å². The molecule has 0 bridgehead atoms. The van der Waals surface area contributed by atoms with E-state index in [0.717, 1.165) is 25.8 Å². The van der Waals surface area contributed by atoms with E-state index >= 15 is 0 Å². The summed E-state index contributed by atoms with van der Waals surface area (Å²) in [5, 5.41) is 2.83. The molecule has 1 heterocycles. The van der Waals surface area contributed by atoms with E-state index in [4.69, 9.17) is 4.74 Å². The molecule has 1 fully saturated rings. The number of nitrogens with zero attached hydrogens (tertiary/aromatic N) is 1. The Morgan fingerprint density at radius 1 is 1.37 bits per heavy atom. The first-order valence-electron chi connectivity index (χ1n) is 7.07. The highest BCUT2D eigenvalue weighted by atomic mass is 16.6. The quantitative estimate of drug-likeness (QED) is 0.765. The minimum atomic E-state index is -0.476. The van der Waals surface area contributed by atoms with Crippen molar-refractivity contribution in [1.82, 2.24) is 10.2 Å². The van der Waals surface area contributed by atoms with Gasteiger partial charge >= 0.3 is 5.97 Å². The zero-order valence-electron chi connectivity index (χ0n) is 12.5. The molecular weight excluding hydrogens is 244 g/mol. The van der Waals surface area contributed by atoms with Crippen molar-refractivity contribution in [3.8, 4) is 0 Å². The Hall–Kier alpha value is -1.10. The molecular formula is C14H26N2O3. The average molecular weight is 270 g/mol. The van der Waals surface area contributed by atoms with Gasteiger partial charge in [-0.2, -0.15) is 0 Å². The highest BCUT2D eigenvalue weighted by molar-refractivity contribution is 5.81. The number of esters is 1. The normalized spacial score (nSPS) is 20.3. The highest BCUT2D eigenvalue weighted by Gasteiger charge is 2.34. The molecule has 5 nitrogen and oxygen atoms in total. The largest absolute Gasteiger partial charge is 0.459 e. The molecule has 0 radical (unpaired) electrons. The number of rotatable bonds is 5. The number of carbonyl (C=O) groups excluding carboxylic acids is 2. The monoisotopic (exact) mass is 270 g/mol. The maximum atomic E-state index is 12.1. The number of carbonyl (C=O) groups is 2. The van der Waals surface area contributed by atoms with Gasteiger partial charge in [0, 0.05) is 6.54 Å². The fourth-order valence-corrected chi connectivity index (χ4v) is 2.16. The number of hydrogen-bond donors (Lipinski definition) is 1. The topological polar surface area (TPSA) is 58.6 Å². The Labute approximate surface area is 115 Å². The lowest BCUT2D eigenvalue weighted by Crippen LogP contribution is -2.45. The molecule has 1 aliphatic rings. The standard InChI is InChI=1S/C14H26N2O3/c1-5-8-15-12(17)10-16-9-6-7-11(16)13(18)19-14(2,3)4/h11H,5-10H2,1-4H3,(H,15,17)/t11-/m1/s1. The lowest BCUT2D eigenvalue weighted by atomic mass is 10.1. The highest BCUT2D eigenvalue weighted by Crippen LogP contribution is 2.20. The fourth-order valence-electron chi connectivity index (χ4n) is 2.16. The summed E-state index contributed by atoms with van der Waals surface area (Å²) in [6.07, 6.45) is 2.63. The molecule has 1 amide bonds. The van der Waals surface area contributed by atoms with Gasteiger partial charge in [0.2, 0.25) is 5.91 Å². The van der Waals surface area contributed by atoms with Gasteiger partial charge in [0.1, 0.15) is 11.6 Å². The van der Waals surface area contributed by atoms with Crippen molar-refractivity contribution >= 4 is 11.9 Å². The van der Waals surface area contributed by atoms with Crippen LogP contribution in [-0.2, 0) is 14.3 Å². The number of hydrogen-bond acceptors (Lipinski definition) is 4. The average Bonchev–Trinajstić information content (AvgIpc) is 2.72. The van der Waals surface area contributed by atoms with Crippen LogP contribution in [0.15, 0.2) is 0 Å². The third-order valence-electron chi connectivity index (χ3n) is 2.96. The first-order chi connectivity index (χ1) is 8.83. The number of amides is 1. The van der Waals surface area contributed by atoms with E-state index in [1.165, 1.54) is 0 Å². The van der Waals surface area contributed by atoms with Gasteiger partial charge in [-0.15, -0.1) is 0 Å². The summed E-state index contributed by atoms with van der Waals surface area (Å²) < 4.78 is 5.40. The van der Waals surface area contributed by atoms with E-state index in [1.54, 1.807) is 0 Å². The fraction of sp³-hybridized carbons (Fsp3) is 0.857. The van der Waals surface area contributed by atoms with Gasteiger partial charge in [0.25, 0.3) is 0 Å². The van der Waals surface area contributed by atoms with Crippen LogP contribution in [0.3, 0.4) is 0 Å². The summed E-state index contributed by atoms with van der Waals surface area (Å²) >= 11 is 0. The molecule has 0 spiro atoms. The van der Waals surface area contributed by atoms with Gasteiger partial charge in [0.05, 0.1) is 6.54 Å². The van der Waals surface area contributed by atoms with E-state index in [-0.39, 0.29) is 24.5 Å². The second kappa shape index (κ2) is 6.89. The summed E-state index contributed by atoms with van der Waals surface area (Å²) in [6.45, 7) is 9.34. The summed E-state index contributed by atoms with van der Waals surface area (Å²) in [5.41, 5.74) is -0.476. The van der Waals surface area contributed by atoms with E-state index in [1.807, 2.05) is 32.6 Å². The van der Waals surface area contributed by atoms with Crippen LogP contribution in [0.25, 0.3) is 0 Å². The molecule has 5 heteroatoms. The minimum absolute atomic E-state index is 0.0164. The maximum Gasteiger partial charge on any atom is 0.323 e. The van der Waals surface area contributed by atoms with Crippen LogP contribution in [0.1, 0.15) is 47.0 Å². The zero-order chi connectivity index (χ0) is 14.5. The van der Waals surface area contributed by atoms with Gasteiger partial charge in [0.15, 0.2) is 0 Å². The first kappa shape index (κ1) is 16.0. The predicted octanol–water partition coefficient (Wildman–Crippen LogP) is 1.32. The summed E-state index contributed by atoms with van der Waals surface area (Å²) in [5.74, 6) is -0.231. The molecule has 0 aliphatic carbocycles. The predicted molar refractivity (Wildman–Crippen MR) is 73.7 cm³/mol. The van der Waals surface area contributed by atoms with Crippen molar-refractivity contribution in [2.45, 2.75) is 58.6 Å². The molecule has 1 N–H and O–H groups in total. The number of likely N-dealkylation sites (tertiary alicyclic amines) is 1. The SMILES string of the molecule is CCCNC(=O)CN1CCC[C@@H]1C(=O)OC(C)(C)C. The molecule has 0 aromatic rings. The molecule has 110 valence electrons. The van der Waals surface area contributed by atoms with Crippen LogP contribution >= 0.6 is 0 Å². The van der Waals surface area contributed by atoms with Crippen LogP contribution in [0.2, 0.25) is 0 Å². The van der Waals surface area contributed by atoms with Crippen molar-refractivity contribution in [3.05, 3.63) is 0 Å². The zero-order valence-corrected chi connectivity index (χ0v) is 12.5. The third-order valence-corrected chi connectivity index (χ3v) is 2.96. The van der Waals surface area contributed by atoms with Crippen molar-refractivity contribution in [2.24, 2.45) is 0 Å². The Kier molecular flexibility index (Phi) is 5.79. The van der Waals surface area contributed by atoms with E-state index in [9.17, 15) is 9.59 Å². The summed E-state index contributed by atoms with van der Waals surface area (Å²) in [6, 6.07) is -0.272. The Morgan fingerprint density at radius 3 is 2.63 bits per heavy atom. The van der Waals surface area contributed by atoms with Crippen molar-refractivity contribution in [2.75, 3.05) is 19.6 Å². The molecule has 1 atom stereocenters. The first-order valence-corrected chi connectivity index (χ1v) is 7.07. The van der Waals surface area contributed by atoms with Crippen LogP contribution in [0.4, 0.5) is 0 Å². The van der Waals surface area contributed by atoms with Gasteiger partial charge in [-0.25, -0.2) is 0 Å². The van der Waals surface area contributed by atoms with Gasteiger partial charge < -0.3 is 10.1 Å². The van der Waals surface area contributed by atoms with Crippen molar-refractivity contribution in [1.29, 1.82) is 0 Å². The minimum Gasteiger partial charge on any atom is -0.459 e. The Bertz CT molecular complexity index is 323. The van der Waals surface area contributed by atoms with Gasteiger partial charge in [-0.05, 0) is 46.6 Å². The molecule has 19 heavy (non-hydrogen) atoms. The molecule has 0 aromatic heterocycles. The second-order valence-electron chi connectivity index (χ2n) is 6.01. The van der Waals surface area contributed by atoms with Crippen LogP contribution in [0.5, 0.6) is 0 Å². The van der Waals surface area contributed by atoms with Crippen molar-refractivity contribution in [3.63, 3.8) is 0 Å². The summed E-state index contributed by atoms with van der Waals surface area (Å²) in [7, 11) is 0. The molecule has 0 saturated carbocycles. The van der Waals surface area contributed by atoms with E-state index < -0.39 is 5.60 Å². The van der Waals surface area contributed by atoms with Crippen LogP contribution in [-0.4, -0.2) is 48.1 Å². The van der Waals surface area contributed by atoms with E-state index in [2.05, 4.69) is 5.32 Å². The smallest absolute Gasteiger partial charge is 0.323 e. The number of ether oxygens (including phenoxy) is 1. The van der Waals surface area contributed by atoms with Crippen LogP contribution < -0.4 is 5.32 Å². The maximum absolute atomic E-state index is 12.1. The molecule has 1 rings (SSSR count). The summed E-state index contributed by atoms with van der Waals surface area (Å²) in [4.78, 5) is 25.7. The third kappa shape index (κ3) is 5.59. The second-order valence-corrected chi connectivity index (χ2v) is 6.01. The lowest BCUT2D eigenvalue weighted by molar-refractivity contribution is -0.160. The molecule has 0 unspecified atom stereocenters. The number of nitrogens with one attached hydrogen (secondary N) is 1. The lowest BCUT2D eigenvalue weighted by Gasteiger charge is -2.26. The van der Waals surface area contributed by atoms with Gasteiger partial charge in [-0.3, -0.25) is 14.5 Å².